The number of hydrogen-bond donors (Lipinski definition) is 2. The number of carbonyl (C=O) groups is 3. The van der Waals surface area contributed by atoms with Crippen molar-refractivity contribution < 1.29 is 14.4 Å². The zero-order valence-electron chi connectivity index (χ0n) is 16.9. The van der Waals surface area contributed by atoms with E-state index in [1.54, 1.807) is 0 Å². The summed E-state index contributed by atoms with van der Waals surface area (Å²) in [6.07, 6.45) is 3.00. The van der Waals surface area contributed by atoms with Crippen molar-refractivity contribution in [1.29, 1.82) is 0 Å². The zero-order valence-corrected chi connectivity index (χ0v) is 18.6. The number of aromatic nitrogens is 1. The molecule has 2 heterocycles. The number of thioether (sulfide) groups is 1. The molecule has 1 spiro atoms. The van der Waals surface area contributed by atoms with E-state index in [0.717, 1.165) is 33.4 Å². The predicted octanol–water partition coefficient (Wildman–Crippen LogP) is 3.74. The summed E-state index contributed by atoms with van der Waals surface area (Å²) >= 11 is 2.75. The second-order valence-electron chi connectivity index (χ2n) is 8.02. The smallest absolute Gasteiger partial charge is 0.322 e. The van der Waals surface area contributed by atoms with Crippen molar-refractivity contribution in [3.63, 3.8) is 0 Å². The van der Waals surface area contributed by atoms with Crippen molar-refractivity contribution in [2.24, 2.45) is 5.92 Å². The summed E-state index contributed by atoms with van der Waals surface area (Å²) in [5.74, 6) is -0.143. The minimum atomic E-state index is -0.859. The molecule has 2 aliphatic rings. The highest BCUT2D eigenvalue weighted by Gasteiger charge is 2.52. The standard InChI is InChI=1S/C21H24N4O3S2/c1-13-3-5-15(6-4-13)16-11-29-20(22-16)30-12-17(26)24-25-18(27)21(23-19(25)28)9-7-14(2)8-10-21/h3-6,11,14H,7-10,12H2,1-2H3,(H,23,28)(H,24,26). The molecular formula is C21H24N4O3S2. The lowest BCUT2D eigenvalue weighted by atomic mass is 9.77. The Morgan fingerprint density at radius 1 is 1.30 bits per heavy atom. The van der Waals surface area contributed by atoms with Crippen molar-refractivity contribution in [3.8, 4) is 11.3 Å². The quantitative estimate of drug-likeness (QED) is 0.541. The van der Waals surface area contributed by atoms with Gasteiger partial charge in [0.15, 0.2) is 4.34 Å². The van der Waals surface area contributed by atoms with Crippen molar-refractivity contribution in [3.05, 3.63) is 35.2 Å². The van der Waals surface area contributed by atoms with E-state index in [-0.39, 0.29) is 11.7 Å². The minimum Gasteiger partial charge on any atom is -0.322 e. The molecule has 0 bridgehead atoms. The Kier molecular flexibility index (Phi) is 5.84. The van der Waals surface area contributed by atoms with Gasteiger partial charge in [-0.15, -0.1) is 11.3 Å². The van der Waals surface area contributed by atoms with Crippen LogP contribution in [0.3, 0.4) is 0 Å². The van der Waals surface area contributed by atoms with Crippen LogP contribution in [0.15, 0.2) is 34.0 Å². The van der Waals surface area contributed by atoms with Crippen molar-refractivity contribution in [1.82, 2.24) is 20.7 Å². The number of urea groups is 1. The number of thiazole rings is 1. The largest absolute Gasteiger partial charge is 0.344 e. The highest BCUT2D eigenvalue weighted by atomic mass is 32.2. The van der Waals surface area contributed by atoms with Gasteiger partial charge in [0.25, 0.3) is 5.91 Å². The summed E-state index contributed by atoms with van der Waals surface area (Å²) in [5, 5.41) is 5.60. The van der Waals surface area contributed by atoms with Crippen molar-refractivity contribution in [2.45, 2.75) is 49.4 Å². The first-order chi connectivity index (χ1) is 14.4. The molecule has 0 atom stereocenters. The molecular weight excluding hydrogens is 420 g/mol. The van der Waals surface area contributed by atoms with Crippen LogP contribution in [-0.4, -0.2) is 39.1 Å². The monoisotopic (exact) mass is 444 g/mol. The fraction of sp³-hybridized carbons (Fsp3) is 0.429. The summed E-state index contributed by atoms with van der Waals surface area (Å²) in [4.78, 5) is 42.0. The molecule has 9 heteroatoms. The topological polar surface area (TPSA) is 91.4 Å². The molecule has 1 aliphatic heterocycles. The lowest BCUT2D eigenvalue weighted by molar-refractivity contribution is -0.139. The summed E-state index contributed by atoms with van der Waals surface area (Å²) < 4.78 is 0.760. The number of benzene rings is 1. The van der Waals surface area contributed by atoms with Gasteiger partial charge in [0.1, 0.15) is 5.54 Å². The number of rotatable bonds is 5. The van der Waals surface area contributed by atoms with Crippen LogP contribution in [0.25, 0.3) is 11.3 Å². The maximum atomic E-state index is 12.8. The molecule has 2 aromatic rings. The van der Waals surface area contributed by atoms with E-state index in [1.807, 2.05) is 36.6 Å². The summed E-state index contributed by atoms with van der Waals surface area (Å²) in [6.45, 7) is 4.18. The van der Waals surface area contributed by atoms with E-state index >= 15 is 0 Å². The van der Waals surface area contributed by atoms with Gasteiger partial charge in [0.2, 0.25) is 5.91 Å². The molecule has 4 amide bonds. The lowest BCUT2D eigenvalue weighted by Crippen LogP contribution is -2.51. The number of nitrogens with one attached hydrogen (secondary N) is 2. The van der Waals surface area contributed by atoms with E-state index in [4.69, 9.17) is 0 Å². The molecule has 30 heavy (non-hydrogen) atoms. The SMILES string of the molecule is Cc1ccc(-c2csc(SCC(=O)NN3C(=O)NC4(CCC(C)CC4)C3=O)n2)cc1. The van der Waals surface area contributed by atoms with Crippen LogP contribution >= 0.6 is 23.1 Å². The van der Waals surface area contributed by atoms with Crippen LogP contribution in [0, 0.1) is 12.8 Å². The van der Waals surface area contributed by atoms with Crippen LogP contribution in [0.1, 0.15) is 38.2 Å². The Hall–Kier alpha value is -2.39. The van der Waals surface area contributed by atoms with Crippen LogP contribution in [0.5, 0.6) is 0 Å². The number of imide groups is 1. The third-order valence-corrected chi connectivity index (χ3v) is 7.70. The van der Waals surface area contributed by atoms with Gasteiger partial charge >= 0.3 is 6.03 Å². The number of nitrogens with zero attached hydrogens (tertiary/aromatic N) is 2. The fourth-order valence-corrected chi connectivity index (χ4v) is 5.41. The highest BCUT2D eigenvalue weighted by Crippen LogP contribution is 2.36. The number of aryl methyl sites for hydroxylation is 1. The van der Waals surface area contributed by atoms with Crippen LogP contribution < -0.4 is 10.7 Å². The molecule has 1 aliphatic carbocycles. The fourth-order valence-electron chi connectivity index (χ4n) is 3.78. The maximum absolute atomic E-state index is 12.8. The van der Waals surface area contributed by atoms with Gasteiger partial charge < -0.3 is 5.32 Å². The molecule has 2 fully saturated rings. The first-order valence-corrected chi connectivity index (χ1v) is 11.8. The average molecular weight is 445 g/mol. The average Bonchev–Trinajstić information content (AvgIpc) is 3.29. The predicted molar refractivity (Wildman–Crippen MR) is 117 cm³/mol. The van der Waals surface area contributed by atoms with Gasteiger partial charge in [-0.2, -0.15) is 5.01 Å². The summed E-state index contributed by atoms with van der Waals surface area (Å²) in [7, 11) is 0. The summed E-state index contributed by atoms with van der Waals surface area (Å²) in [5.41, 5.74) is 4.69. The second-order valence-corrected chi connectivity index (χ2v) is 10.1. The van der Waals surface area contributed by atoms with Gasteiger partial charge in [0, 0.05) is 10.9 Å². The molecule has 1 aromatic heterocycles. The molecule has 2 N–H and O–H groups in total. The molecule has 1 saturated carbocycles. The molecule has 158 valence electrons. The Labute approximate surface area is 183 Å². The zero-order chi connectivity index (χ0) is 21.3. The van der Waals surface area contributed by atoms with Gasteiger partial charge in [-0.1, -0.05) is 48.5 Å². The Morgan fingerprint density at radius 3 is 2.70 bits per heavy atom. The van der Waals surface area contributed by atoms with E-state index in [9.17, 15) is 14.4 Å². The number of amides is 4. The number of hydrazine groups is 1. The lowest BCUT2D eigenvalue weighted by Gasteiger charge is -2.33. The molecule has 1 saturated heterocycles. The first-order valence-electron chi connectivity index (χ1n) is 9.98. The second kappa shape index (κ2) is 8.39. The molecule has 7 nitrogen and oxygen atoms in total. The Morgan fingerprint density at radius 2 is 2.00 bits per heavy atom. The third-order valence-electron chi connectivity index (χ3n) is 5.68. The summed E-state index contributed by atoms with van der Waals surface area (Å²) in [6, 6.07) is 7.55. The minimum absolute atomic E-state index is 0.0714. The van der Waals surface area contributed by atoms with Crippen LogP contribution in [-0.2, 0) is 9.59 Å². The van der Waals surface area contributed by atoms with Crippen molar-refractivity contribution in [2.75, 3.05) is 5.75 Å². The molecule has 4 rings (SSSR count). The highest BCUT2D eigenvalue weighted by molar-refractivity contribution is 8.01. The molecule has 1 aromatic carbocycles. The van der Waals surface area contributed by atoms with Crippen molar-refractivity contribution >= 4 is 40.9 Å². The van der Waals surface area contributed by atoms with Gasteiger partial charge in [-0.05, 0) is 38.5 Å². The van der Waals surface area contributed by atoms with E-state index in [0.29, 0.717) is 18.8 Å². The third kappa shape index (κ3) is 4.22. The molecule has 0 radical (unpaired) electrons. The van der Waals surface area contributed by atoms with Gasteiger partial charge in [0.05, 0.1) is 11.4 Å². The number of carbonyl (C=O) groups excluding carboxylic acids is 3. The van der Waals surface area contributed by atoms with Gasteiger partial charge in [-0.25, -0.2) is 9.78 Å². The van der Waals surface area contributed by atoms with Crippen LogP contribution in [0.2, 0.25) is 0 Å². The Bertz CT molecular complexity index is 965. The molecule has 0 unspecified atom stereocenters. The normalized spacial score (nSPS) is 23.7. The van der Waals surface area contributed by atoms with Gasteiger partial charge in [-0.3, -0.25) is 15.0 Å². The van der Waals surface area contributed by atoms with E-state index < -0.39 is 17.5 Å². The van der Waals surface area contributed by atoms with Crippen LogP contribution in [0.4, 0.5) is 4.79 Å². The van der Waals surface area contributed by atoms with E-state index in [1.165, 1.54) is 28.7 Å². The first kappa shape index (κ1) is 20.9. The number of hydrogen-bond acceptors (Lipinski definition) is 6. The maximum Gasteiger partial charge on any atom is 0.344 e. The Balaban J connectivity index is 1.32. The van der Waals surface area contributed by atoms with E-state index in [2.05, 4.69) is 22.7 Å².